The van der Waals surface area contributed by atoms with Crippen molar-refractivity contribution in [3.05, 3.63) is 41.9 Å². The molecule has 0 fully saturated rings. The third-order valence-electron chi connectivity index (χ3n) is 3.34. The van der Waals surface area contributed by atoms with Gasteiger partial charge in [0.05, 0.1) is 23.5 Å². The van der Waals surface area contributed by atoms with E-state index in [1.165, 1.54) is 12.1 Å². The molecule has 3 nitrogen and oxygen atoms in total. The molecule has 1 aromatic heterocycles. The van der Waals surface area contributed by atoms with E-state index in [1.54, 1.807) is 6.20 Å². The smallest absolute Gasteiger partial charge is 0.341 e. The van der Waals surface area contributed by atoms with Crippen LogP contribution in [0.3, 0.4) is 0 Å². The molecule has 0 spiro atoms. The van der Waals surface area contributed by atoms with Crippen LogP contribution in [0.5, 0.6) is 0 Å². The third-order valence-corrected chi connectivity index (χ3v) is 3.34. The Morgan fingerprint density at radius 2 is 1.90 bits per heavy atom. The molecular formula is C15H18F3N3. The first-order chi connectivity index (χ1) is 9.91. The SMILES string of the molecule is CCCCC(N)c1ncc(-c2ccc(C(F)(F)F)cc2)[nH]1. The summed E-state index contributed by atoms with van der Waals surface area (Å²) in [6.07, 6.45) is 0.179. The second-order valence-corrected chi connectivity index (χ2v) is 5.01. The molecule has 0 amide bonds. The molecule has 114 valence electrons. The average Bonchev–Trinajstić information content (AvgIpc) is 2.94. The fraction of sp³-hybridized carbons (Fsp3) is 0.400. The molecule has 0 aliphatic heterocycles. The monoisotopic (exact) mass is 297 g/mol. The molecular weight excluding hydrogens is 279 g/mol. The molecule has 3 N–H and O–H groups in total. The topological polar surface area (TPSA) is 54.7 Å². The highest BCUT2D eigenvalue weighted by molar-refractivity contribution is 5.59. The van der Waals surface area contributed by atoms with Gasteiger partial charge in [-0.3, -0.25) is 0 Å². The van der Waals surface area contributed by atoms with Crippen molar-refractivity contribution < 1.29 is 13.2 Å². The van der Waals surface area contributed by atoms with E-state index >= 15 is 0 Å². The lowest BCUT2D eigenvalue weighted by Crippen LogP contribution is -2.11. The van der Waals surface area contributed by atoms with Gasteiger partial charge in [-0.1, -0.05) is 31.9 Å². The number of aromatic nitrogens is 2. The van der Waals surface area contributed by atoms with Crippen LogP contribution in [0.2, 0.25) is 0 Å². The van der Waals surface area contributed by atoms with Crippen molar-refractivity contribution in [1.29, 1.82) is 0 Å². The highest BCUT2D eigenvalue weighted by Crippen LogP contribution is 2.30. The quantitative estimate of drug-likeness (QED) is 0.865. The molecule has 0 radical (unpaired) electrons. The van der Waals surface area contributed by atoms with Gasteiger partial charge < -0.3 is 10.7 Å². The summed E-state index contributed by atoms with van der Waals surface area (Å²) in [6, 6.07) is 4.81. The number of nitrogens with one attached hydrogen (secondary N) is 1. The Labute approximate surface area is 121 Å². The van der Waals surface area contributed by atoms with Gasteiger partial charge in [0.15, 0.2) is 0 Å². The first-order valence-corrected chi connectivity index (χ1v) is 6.90. The summed E-state index contributed by atoms with van der Waals surface area (Å²) in [5.74, 6) is 0.665. The number of benzene rings is 1. The molecule has 1 aromatic carbocycles. The molecule has 0 aliphatic rings. The summed E-state index contributed by atoms with van der Waals surface area (Å²) < 4.78 is 37.5. The van der Waals surface area contributed by atoms with E-state index in [0.29, 0.717) is 17.1 Å². The first kappa shape index (κ1) is 15.6. The Kier molecular flexibility index (Phi) is 4.67. The molecule has 2 rings (SSSR count). The van der Waals surface area contributed by atoms with Crippen LogP contribution in [0.4, 0.5) is 13.2 Å². The standard InChI is InChI=1S/C15H18F3N3/c1-2-3-4-12(19)14-20-9-13(21-14)10-5-7-11(8-6-10)15(16,17)18/h5-9,12H,2-4,19H2,1H3,(H,20,21). The third kappa shape index (κ3) is 3.85. The number of hydrogen-bond donors (Lipinski definition) is 2. The van der Waals surface area contributed by atoms with Gasteiger partial charge >= 0.3 is 6.18 Å². The normalized spacial score (nSPS) is 13.4. The van der Waals surface area contributed by atoms with Crippen molar-refractivity contribution >= 4 is 0 Å². The summed E-state index contributed by atoms with van der Waals surface area (Å²) in [5, 5.41) is 0. The van der Waals surface area contributed by atoms with Crippen molar-refractivity contribution in [2.45, 2.75) is 38.4 Å². The summed E-state index contributed by atoms with van der Waals surface area (Å²) >= 11 is 0. The van der Waals surface area contributed by atoms with E-state index in [4.69, 9.17) is 5.73 Å². The van der Waals surface area contributed by atoms with E-state index < -0.39 is 11.7 Å². The highest BCUT2D eigenvalue weighted by Gasteiger charge is 2.30. The highest BCUT2D eigenvalue weighted by atomic mass is 19.4. The maximum atomic E-state index is 12.5. The Morgan fingerprint density at radius 1 is 1.24 bits per heavy atom. The molecule has 1 unspecified atom stereocenters. The van der Waals surface area contributed by atoms with E-state index in [0.717, 1.165) is 31.4 Å². The number of nitrogens with two attached hydrogens (primary N) is 1. The first-order valence-electron chi connectivity index (χ1n) is 6.90. The van der Waals surface area contributed by atoms with Crippen LogP contribution in [-0.4, -0.2) is 9.97 Å². The van der Waals surface area contributed by atoms with Crippen LogP contribution < -0.4 is 5.73 Å². The van der Waals surface area contributed by atoms with Gasteiger partial charge in [-0.15, -0.1) is 0 Å². The van der Waals surface area contributed by atoms with Crippen LogP contribution in [0.15, 0.2) is 30.5 Å². The van der Waals surface area contributed by atoms with Gasteiger partial charge in [-0.2, -0.15) is 13.2 Å². The zero-order valence-electron chi connectivity index (χ0n) is 11.7. The predicted molar refractivity (Wildman–Crippen MR) is 75.5 cm³/mol. The summed E-state index contributed by atoms with van der Waals surface area (Å²) in [6.45, 7) is 2.09. The van der Waals surface area contributed by atoms with Crippen molar-refractivity contribution in [3.63, 3.8) is 0 Å². The van der Waals surface area contributed by atoms with Gasteiger partial charge in [0.2, 0.25) is 0 Å². The Hall–Kier alpha value is -1.82. The average molecular weight is 297 g/mol. The lowest BCUT2D eigenvalue weighted by Gasteiger charge is -2.08. The summed E-state index contributed by atoms with van der Waals surface area (Å²) in [4.78, 5) is 7.29. The van der Waals surface area contributed by atoms with Crippen LogP contribution in [0.25, 0.3) is 11.3 Å². The Bertz CT molecular complexity index is 573. The molecule has 1 heterocycles. The fourth-order valence-corrected chi connectivity index (χ4v) is 2.07. The van der Waals surface area contributed by atoms with Crippen LogP contribution in [0.1, 0.15) is 43.6 Å². The predicted octanol–water partition coefficient (Wildman–Crippen LogP) is 4.29. The van der Waals surface area contributed by atoms with Gasteiger partial charge in [-0.25, -0.2) is 4.98 Å². The second-order valence-electron chi connectivity index (χ2n) is 5.01. The van der Waals surface area contributed by atoms with Gasteiger partial charge in [-0.05, 0) is 24.1 Å². The number of nitrogens with zero attached hydrogens (tertiary/aromatic N) is 1. The number of unbranched alkanes of at least 4 members (excludes halogenated alkanes) is 1. The molecule has 0 saturated carbocycles. The van der Waals surface area contributed by atoms with E-state index in [9.17, 15) is 13.2 Å². The zero-order chi connectivity index (χ0) is 15.5. The van der Waals surface area contributed by atoms with Crippen molar-refractivity contribution in [2.75, 3.05) is 0 Å². The Morgan fingerprint density at radius 3 is 2.48 bits per heavy atom. The van der Waals surface area contributed by atoms with Gasteiger partial charge in [0, 0.05) is 0 Å². The minimum atomic E-state index is -4.32. The lowest BCUT2D eigenvalue weighted by molar-refractivity contribution is -0.137. The molecule has 0 aliphatic carbocycles. The number of alkyl halides is 3. The second kappa shape index (κ2) is 6.30. The number of halogens is 3. The Balaban J connectivity index is 2.14. The van der Waals surface area contributed by atoms with Crippen molar-refractivity contribution in [3.8, 4) is 11.3 Å². The number of hydrogen-bond acceptors (Lipinski definition) is 2. The number of H-pyrrole nitrogens is 1. The molecule has 0 bridgehead atoms. The van der Waals surface area contributed by atoms with Crippen molar-refractivity contribution in [1.82, 2.24) is 9.97 Å². The van der Waals surface area contributed by atoms with E-state index in [2.05, 4.69) is 16.9 Å². The van der Waals surface area contributed by atoms with Crippen LogP contribution in [0, 0.1) is 0 Å². The fourth-order valence-electron chi connectivity index (χ4n) is 2.07. The summed E-state index contributed by atoms with van der Waals surface area (Å²) in [5.41, 5.74) is 6.68. The minimum Gasteiger partial charge on any atom is -0.341 e. The maximum Gasteiger partial charge on any atom is 0.416 e. The molecule has 21 heavy (non-hydrogen) atoms. The molecule has 2 aromatic rings. The van der Waals surface area contributed by atoms with Crippen molar-refractivity contribution in [2.24, 2.45) is 5.73 Å². The van der Waals surface area contributed by atoms with Gasteiger partial charge in [0.1, 0.15) is 5.82 Å². The van der Waals surface area contributed by atoms with Crippen LogP contribution >= 0.6 is 0 Å². The maximum absolute atomic E-state index is 12.5. The molecule has 0 saturated heterocycles. The number of aromatic amines is 1. The molecule has 1 atom stereocenters. The summed E-state index contributed by atoms with van der Waals surface area (Å²) in [7, 11) is 0. The number of rotatable bonds is 5. The number of imidazole rings is 1. The van der Waals surface area contributed by atoms with Crippen LogP contribution in [-0.2, 0) is 6.18 Å². The lowest BCUT2D eigenvalue weighted by atomic mass is 10.1. The molecule has 6 heteroatoms. The van der Waals surface area contributed by atoms with Gasteiger partial charge in [0.25, 0.3) is 0 Å². The minimum absolute atomic E-state index is 0.173. The largest absolute Gasteiger partial charge is 0.416 e. The van der Waals surface area contributed by atoms with E-state index in [-0.39, 0.29) is 6.04 Å². The zero-order valence-corrected chi connectivity index (χ0v) is 11.7. The van der Waals surface area contributed by atoms with E-state index in [1.807, 2.05) is 0 Å².